The molecule has 0 saturated carbocycles. The lowest BCUT2D eigenvalue weighted by Gasteiger charge is -2.04. The number of furan rings is 1. The molecule has 0 radical (unpaired) electrons. The highest BCUT2D eigenvalue weighted by atomic mass is 32.2. The van der Waals surface area contributed by atoms with Crippen molar-refractivity contribution in [3.05, 3.63) is 52.8 Å². The Morgan fingerprint density at radius 3 is 2.96 bits per heavy atom. The van der Waals surface area contributed by atoms with Gasteiger partial charge in [0.15, 0.2) is 4.34 Å². The van der Waals surface area contributed by atoms with Crippen LogP contribution in [0.4, 0.5) is 10.8 Å². The van der Waals surface area contributed by atoms with Crippen molar-refractivity contribution in [3.8, 4) is 0 Å². The first kappa shape index (κ1) is 17.4. The van der Waals surface area contributed by atoms with Gasteiger partial charge >= 0.3 is 5.69 Å². The van der Waals surface area contributed by atoms with Gasteiger partial charge in [0, 0.05) is 5.69 Å². The number of imidazole rings is 1. The molecule has 27 heavy (non-hydrogen) atoms. The van der Waals surface area contributed by atoms with Gasteiger partial charge in [-0.2, -0.15) is 0 Å². The van der Waals surface area contributed by atoms with E-state index in [1.807, 2.05) is 12.1 Å². The molecule has 0 aliphatic heterocycles. The Hall–Kier alpha value is -3.05. The molecule has 0 unspecified atom stereocenters. The van der Waals surface area contributed by atoms with Crippen LogP contribution in [0, 0.1) is 0 Å². The molecule has 0 aliphatic carbocycles. The minimum absolute atomic E-state index is 0.169. The Kier molecular flexibility index (Phi) is 4.94. The Morgan fingerprint density at radius 2 is 2.11 bits per heavy atom. The fourth-order valence-electron chi connectivity index (χ4n) is 2.35. The molecule has 4 N–H and O–H groups in total. The zero-order valence-corrected chi connectivity index (χ0v) is 15.4. The molecule has 3 aromatic heterocycles. The van der Waals surface area contributed by atoms with E-state index in [0.717, 1.165) is 5.76 Å². The average Bonchev–Trinajstić information content (AvgIpc) is 3.38. The maximum Gasteiger partial charge on any atom is 0.323 e. The van der Waals surface area contributed by atoms with Crippen LogP contribution in [0.3, 0.4) is 0 Å². The first-order valence-electron chi connectivity index (χ1n) is 7.90. The van der Waals surface area contributed by atoms with Crippen molar-refractivity contribution in [1.82, 2.24) is 20.2 Å². The fraction of sp³-hybridized carbons (Fsp3) is 0.125. The van der Waals surface area contributed by atoms with Gasteiger partial charge in [0.2, 0.25) is 11.0 Å². The molecule has 138 valence electrons. The predicted octanol–water partition coefficient (Wildman–Crippen LogP) is 2.64. The Balaban J connectivity index is 1.29. The highest BCUT2D eigenvalue weighted by molar-refractivity contribution is 8.01. The SMILES string of the molecule is O=C(CSc1nnc(NCc2ccco2)s1)Nc1ccc2[nH]c(=O)[nH]c2c1. The van der Waals surface area contributed by atoms with Gasteiger partial charge in [-0.25, -0.2) is 4.79 Å². The number of amides is 1. The van der Waals surface area contributed by atoms with Crippen LogP contribution in [0.2, 0.25) is 0 Å². The molecule has 0 atom stereocenters. The number of anilines is 2. The third-order valence-electron chi connectivity index (χ3n) is 3.53. The molecule has 4 rings (SSSR count). The van der Waals surface area contributed by atoms with Crippen LogP contribution in [-0.2, 0) is 11.3 Å². The van der Waals surface area contributed by atoms with E-state index < -0.39 is 0 Å². The summed E-state index contributed by atoms with van der Waals surface area (Å²) in [7, 11) is 0. The number of nitrogens with zero attached hydrogens (tertiary/aromatic N) is 2. The lowest BCUT2D eigenvalue weighted by molar-refractivity contribution is -0.113. The summed E-state index contributed by atoms with van der Waals surface area (Å²) >= 11 is 2.68. The third-order valence-corrected chi connectivity index (χ3v) is 5.54. The summed E-state index contributed by atoms with van der Waals surface area (Å²) in [5.41, 5.74) is 1.66. The number of benzene rings is 1. The summed E-state index contributed by atoms with van der Waals surface area (Å²) in [6, 6.07) is 8.86. The molecule has 0 aliphatic rings. The summed E-state index contributed by atoms with van der Waals surface area (Å²) in [5.74, 6) is 0.839. The molecular formula is C16H14N6O3S2. The van der Waals surface area contributed by atoms with E-state index in [1.54, 1.807) is 24.5 Å². The van der Waals surface area contributed by atoms with Crippen LogP contribution in [0.5, 0.6) is 0 Å². The zero-order valence-electron chi connectivity index (χ0n) is 13.8. The number of thioether (sulfide) groups is 1. The summed E-state index contributed by atoms with van der Waals surface area (Å²) in [6.45, 7) is 0.524. The number of carbonyl (C=O) groups is 1. The number of nitrogens with one attached hydrogen (secondary N) is 4. The molecule has 9 nitrogen and oxygen atoms in total. The van der Waals surface area contributed by atoms with Crippen molar-refractivity contribution in [2.24, 2.45) is 0 Å². The van der Waals surface area contributed by atoms with Gasteiger partial charge in [-0.3, -0.25) is 4.79 Å². The Labute approximate surface area is 160 Å². The predicted molar refractivity (Wildman–Crippen MR) is 104 cm³/mol. The van der Waals surface area contributed by atoms with Gasteiger partial charge in [0.05, 0.1) is 29.6 Å². The molecule has 0 fully saturated rings. The normalized spacial score (nSPS) is 11.0. The van der Waals surface area contributed by atoms with E-state index in [-0.39, 0.29) is 17.3 Å². The number of aromatic amines is 2. The Morgan fingerprint density at radius 1 is 1.22 bits per heavy atom. The number of rotatable bonds is 7. The number of aromatic nitrogens is 4. The first-order chi connectivity index (χ1) is 13.2. The van der Waals surface area contributed by atoms with Crippen LogP contribution >= 0.6 is 23.1 Å². The lowest BCUT2D eigenvalue weighted by Crippen LogP contribution is -2.13. The maximum absolute atomic E-state index is 12.1. The largest absolute Gasteiger partial charge is 0.467 e. The fourth-order valence-corrected chi connectivity index (χ4v) is 3.90. The van der Waals surface area contributed by atoms with Crippen molar-refractivity contribution in [3.63, 3.8) is 0 Å². The van der Waals surface area contributed by atoms with Crippen molar-refractivity contribution in [1.29, 1.82) is 0 Å². The van der Waals surface area contributed by atoms with Gasteiger partial charge in [-0.05, 0) is 30.3 Å². The molecule has 0 bridgehead atoms. The van der Waals surface area contributed by atoms with E-state index in [2.05, 4.69) is 30.8 Å². The van der Waals surface area contributed by atoms with Crippen molar-refractivity contribution in [2.45, 2.75) is 10.9 Å². The monoisotopic (exact) mass is 402 g/mol. The van der Waals surface area contributed by atoms with E-state index in [9.17, 15) is 9.59 Å². The van der Waals surface area contributed by atoms with Gasteiger partial charge in [-0.15, -0.1) is 10.2 Å². The van der Waals surface area contributed by atoms with Crippen molar-refractivity contribution in [2.75, 3.05) is 16.4 Å². The minimum atomic E-state index is -0.281. The number of hydrogen-bond donors (Lipinski definition) is 4. The molecule has 3 heterocycles. The van der Waals surface area contributed by atoms with E-state index in [0.29, 0.717) is 32.7 Å². The van der Waals surface area contributed by atoms with Crippen LogP contribution in [0.15, 0.2) is 50.1 Å². The van der Waals surface area contributed by atoms with Crippen LogP contribution in [-0.4, -0.2) is 31.8 Å². The molecule has 4 aromatic rings. The molecule has 0 saturated heterocycles. The van der Waals surface area contributed by atoms with E-state index in [4.69, 9.17) is 4.42 Å². The highest BCUT2D eigenvalue weighted by Crippen LogP contribution is 2.26. The zero-order chi connectivity index (χ0) is 18.6. The summed E-state index contributed by atoms with van der Waals surface area (Å²) in [4.78, 5) is 28.7. The van der Waals surface area contributed by atoms with Crippen molar-refractivity contribution >= 4 is 50.9 Å². The second-order valence-electron chi connectivity index (χ2n) is 5.48. The number of hydrogen-bond acceptors (Lipinski definition) is 8. The molecule has 1 aromatic carbocycles. The number of H-pyrrole nitrogens is 2. The number of fused-ring (bicyclic) bond motifs is 1. The molecule has 1 amide bonds. The standard InChI is InChI=1S/C16H14N6O3S2/c23-13(18-9-3-4-11-12(6-9)20-14(24)19-11)8-26-16-22-21-15(27-16)17-7-10-2-1-5-25-10/h1-6H,7-8H2,(H,17,21)(H,18,23)(H2,19,20,24). The minimum Gasteiger partial charge on any atom is -0.467 e. The molecule has 0 spiro atoms. The first-order valence-corrected chi connectivity index (χ1v) is 9.70. The van der Waals surface area contributed by atoms with Crippen LogP contribution < -0.4 is 16.3 Å². The second kappa shape index (κ2) is 7.68. The van der Waals surface area contributed by atoms with Gasteiger partial charge in [-0.1, -0.05) is 23.1 Å². The average molecular weight is 402 g/mol. The van der Waals surface area contributed by atoms with Crippen LogP contribution in [0.1, 0.15) is 5.76 Å². The smallest absolute Gasteiger partial charge is 0.323 e. The Bertz CT molecular complexity index is 1110. The quantitative estimate of drug-likeness (QED) is 0.350. The van der Waals surface area contributed by atoms with Gasteiger partial charge in [0.1, 0.15) is 5.76 Å². The van der Waals surface area contributed by atoms with E-state index >= 15 is 0 Å². The van der Waals surface area contributed by atoms with Crippen LogP contribution in [0.25, 0.3) is 11.0 Å². The highest BCUT2D eigenvalue weighted by Gasteiger charge is 2.09. The molecular weight excluding hydrogens is 388 g/mol. The van der Waals surface area contributed by atoms with Crippen molar-refractivity contribution < 1.29 is 9.21 Å². The second-order valence-corrected chi connectivity index (χ2v) is 7.68. The topological polar surface area (TPSA) is 129 Å². The molecule has 11 heteroatoms. The van der Waals surface area contributed by atoms with E-state index in [1.165, 1.54) is 23.1 Å². The summed E-state index contributed by atoms with van der Waals surface area (Å²) in [5, 5.41) is 14.7. The third kappa shape index (κ3) is 4.38. The van der Waals surface area contributed by atoms with Gasteiger partial charge < -0.3 is 25.0 Å². The lowest BCUT2D eigenvalue weighted by atomic mass is 10.3. The maximum atomic E-state index is 12.1. The summed E-state index contributed by atoms with van der Waals surface area (Å²) in [6.07, 6.45) is 1.61. The summed E-state index contributed by atoms with van der Waals surface area (Å²) < 4.78 is 5.93. The number of carbonyl (C=O) groups excluding carboxylic acids is 1. The van der Waals surface area contributed by atoms with Gasteiger partial charge in [0.25, 0.3) is 0 Å².